The van der Waals surface area contributed by atoms with Crippen LogP contribution in [0.25, 0.3) is 0 Å². The van der Waals surface area contributed by atoms with Crippen LogP contribution in [-0.2, 0) is 6.54 Å². The summed E-state index contributed by atoms with van der Waals surface area (Å²) in [5.41, 5.74) is 1.76. The molecule has 19 heavy (non-hydrogen) atoms. The second-order valence-corrected chi connectivity index (χ2v) is 5.13. The van der Waals surface area contributed by atoms with Crippen molar-refractivity contribution in [3.8, 4) is 0 Å². The van der Waals surface area contributed by atoms with Gasteiger partial charge >= 0.3 is 0 Å². The van der Waals surface area contributed by atoms with Gasteiger partial charge < -0.3 is 10.2 Å². The lowest BCUT2D eigenvalue weighted by Crippen LogP contribution is -2.28. The Morgan fingerprint density at radius 3 is 2.95 bits per heavy atom. The van der Waals surface area contributed by atoms with Gasteiger partial charge in [-0.05, 0) is 25.3 Å². The fourth-order valence-corrected chi connectivity index (χ4v) is 1.78. The Labute approximate surface area is 113 Å². The van der Waals surface area contributed by atoms with Crippen molar-refractivity contribution in [2.45, 2.75) is 32.4 Å². The molecule has 1 saturated carbocycles. The molecule has 2 rings (SSSR count). The molecule has 5 heteroatoms. The van der Waals surface area contributed by atoms with Crippen molar-refractivity contribution in [2.75, 3.05) is 25.0 Å². The summed E-state index contributed by atoms with van der Waals surface area (Å²) in [5, 5.41) is 7.59. The predicted octanol–water partition coefficient (Wildman–Crippen LogP) is 1.01. The highest BCUT2D eigenvalue weighted by molar-refractivity contribution is 5.41. The van der Waals surface area contributed by atoms with Gasteiger partial charge in [-0.2, -0.15) is 5.10 Å². The van der Waals surface area contributed by atoms with E-state index in [1.54, 1.807) is 12.3 Å². The Kier molecular flexibility index (Phi) is 4.37. The molecule has 1 aliphatic rings. The summed E-state index contributed by atoms with van der Waals surface area (Å²) >= 11 is 0. The molecule has 1 aliphatic carbocycles. The van der Waals surface area contributed by atoms with Crippen LogP contribution in [0.1, 0.15) is 19.8 Å². The highest BCUT2D eigenvalue weighted by Gasteiger charge is 2.20. The lowest BCUT2D eigenvalue weighted by atomic mass is 10.3. The van der Waals surface area contributed by atoms with Crippen LogP contribution in [0.4, 0.5) is 5.69 Å². The Bertz CT molecular complexity index is 504. The fourth-order valence-electron chi connectivity index (χ4n) is 1.78. The molecule has 1 fully saturated rings. The number of anilines is 1. The van der Waals surface area contributed by atoms with Crippen molar-refractivity contribution in [1.82, 2.24) is 15.1 Å². The Hall–Kier alpha value is -1.62. The van der Waals surface area contributed by atoms with Crippen molar-refractivity contribution < 1.29 is 0 Å². The van der Waals surface area contributed by atoms with Crippen LogP contribution >= 0.6 is 0 Å². The number of hydrogen-bond donors (Lipinski definition) is 1. The van der Waals surface area contributed by atoms with Gasteiger partial charge in [-0.25, -0.2) is 4.68 Å². The number of hydrogen-bond acceptors (Lipinski definition) is 4. The molecule has 0 saturated heterocycles. The average molecular weight is 262 g/mol. The standard InChI is InChI=1S/C14H22N4O/c1-4-17(3)13-7-14(19)18(16-9-13)10-11(2)8-15-12-5-6-12/h7,9,12,15H,2,4-6,8,10H2,1,3H3. The van der Waals surface area contributed by atoms with Gasteiger partial charge in [0.05, 0.1) is 18.4 Å². The van der Waals surface area contributed by atoms with Crippen molar-refractivity contribution in [1.29, 1.82) is 0 Å². The van der Waals surface area contributed by atoms with E-state index in [2.05, 4.69) is 17.0 Å². The zero-order chi connectivity index (χ0) is 13.8. The maximum Gasteiger partial charge on any atom is 0.269 e. The van der Waals surface area contributed by atoms with Gasteiger partial charge in [-0.1, -0.05) is 6.58 Å². The SMILES string of the molecule is C=C(CNC1CC1)Cn1ncc(N(C)CC)cc1=O. The van der Waals surface area contributed by atoms with Crippen molar-refractivity contribution in [3.05, 3.63) is 34.8 Å². The minimum Gasteiger partial charge on any atom is -0.373 e. The van der Waals surface area contributed by atoms with Crippen LogP contribution in [0.5, 0.6) is 0 Å². The van der Waals surface area contributed by atoms with E-state index in [4.69, 9.17) is 0 Å². The third-order valence-corrected chi connectivity index (χ3v) is 3.36. The number of nitrogens with one attached hydrogen (secondary N) is 1. The first-order chi connectivity index (χ1) is 9.10. The third-order valence-electron chi connectivity index (χ3n) is 3.36. The van der Waals surface area contributed by atoms with E-state index in [0.29, 0.717) is 12.6 Å². The third kappa shape index (κ3) is 3.92. The molecule has 5 nitrogen and oxygen atoms in total. The normalized spacial score (nSPS) is 14.4. The summed E-state index contributed by atoms with van der Waals surface area (Å²) in [6.07, 6.45) is 4.24. The van der Waals surface area contributed by atoms with Gasteiger partial charge in [-0.3, -0.25) is 4.79 Å². The quantitative estimate of drug-likeness (QED) is 0.745. The van der Waals surface area contributed by atoms with Crippen LogP contribution in [0, 0.1) is 0 Å². The molecule has 0 spiro atoms. The Morgan fingerprint density at radius 2 is 2.37 bits per heavy atom. The van der Waals surface area contributed by atoms with Gasteiger partial charge in [-0.15, -0.1) is 0 Å². The molecule has 1 aromatic rings. The van der Waals surface area contributed by atoms with Gasteiger partial charge in [0.2, 0.25) is 0 Å². The molecular weight excluding hydrogens is 240 g/mol. The van der Waals surface area contributed by atoms with Gasteiger partial charge in [0.25, 0.3) is 5.56 Å². The first-order valence-corrected chi connectivity index (χ1v) is 6.78. The molecule has 0 atom stereocenters. The molecule has 0 radical (unpaired) electrons. The molecule has 0 unspecified atom stereocenters. The van der Waals surface area contributed by atoms with Crippen LogP contribution in [0.3, 0.4) is 0 Å². The summed E-state index contributed by atoms with van der Waals surface area (Å²) in [6, 6.07) is 2.28. The summed E-state index contributed by atoms with van der Waals surface area (Å²) in [6.45, 7) is 8.12. The lowest BCUT2D eigenvalue weighted by molar-refractivity contribution is 0.603. The fraction of sp³-hybridized carbons (Fsp3) is 0.571. The van der Waals surface area contributed by atoms with Crippen LogP contribution in [0.15, 0.2) is 29.2 Å². The van der Waals surface area contributed by atoms with Crippen LogP contribution in [0.2, 0.25) is 0 Å². The molecule has 1 N–H and O–H groups in total. The molecule has 104 valence electrons. The van der Waals surface area contributed by atoms with E-state index in [1.807, 2.05) is 18.9 Å². The van der Waals surface area contributed by atoms with E-state index in [0.717, 1.165) is 24.4 Å². The first kappa shape index (κ1) is 13.8. The molecule has 0 aliphatic heterocycles. The monoisotopic (exact) mass is 262 g/mol. The average Bonchev–Trinajstić information content (AvgIpc) is 3.22. The van der Waals surface area contributed by atoms with E-state index >= 15 is 0 Å². The van der Waals surface area contributed by atoms with Crippen molar-refractivity contribution in [2.24, 2.45) is 0 Å². The van der Waals surface area contributed by atoms with Crippen LogP contribution < -0.4 is 15.8 Å². The van der Waals surface area contributed by atoms with Crippen LogP contribution in [-0.4, -0.2) is 36.0 Å². The maximum absolute atomic E-state index is 12.0. The second-order valence-electron chi connectivity index (χ2n) is 5.13. The highest BCUT2D eigenvalue weighted by Crippen LogP contribution is 2.18. The summed E-state index contributed by atoms with van der Waals surface area (Å²) in [4.78, 5) is 13.9. The summed E-state index contributed by atoms with van der Waals surface area (Å²) < 4.78 is 1.46. The molecule has 0 amide bonds. The van der Waals surface area contributed by atoms with Gasteiger partial charge in [0.1, 0.15) is 0 Å². The Morgan fingerprint density at radius 1 is 1.63 bits per heavy atom. The van der Waals surface area contributed by atoms with Crippen molar-refractivity contribution >= 4 is 5.69 Å². The van der Waals surface area contributed by atoms with E-state index in [-0.39, 0.29) is 5.56 Å². The topological polar surface area (TPSA) is 50.2 Å². The van der Waals surface area contributed by atoms with E-state index in [9.17, 15) is 4.79 Å². The maximum atomic E-state index is 12.0. The highest BCUT2D eigenvalue weighted by atomic mass is 16.1. The molecule has 1 aromatic heterocycles. The summed E-state index contributed by atoms with van der Waals surface area (Å²) in [7, 11) is 1.94. The molecule has 0 aromatic carbocycles. The predicted molar refractivity (Wildman–Crippen MR) is 77.6 cm³/mol. The number of aromatic nitrogens is 2. The number of rotatable bonds is 7. The largest absolute Gasteiger partial charge is 0.373 e. The lowest BCUT2D eigenvalue weighted by Gasteiger charge is -2.16. The van der Waals surface area contributed by atoms with Crippen molar-refractivity contribution in [3.63, 3.8) is 0 Å². The minimum atomic E-state index is -0.0784. The van der Waals surface area contributed by atoms with E-state index < -0.39 is 0 Å². The number of nitrogens with zero attached hydrogens (tertiary/aromatic N) is 3. The first-order valence-electron chi connectivity index (χ1n) is 6.78. The molecular formula is C14H22N4O. The smallest absolute Gasteiger partial charge is 0.269 e. The molecule has 0 bridgehead atoms. The van der Waals surface area contributed by atoms with E-state index in [1.165, 1.54) is 17.5 Å². The Balaban J connectivity index is 1.95. The second kappa shape index (κ2) is 6.02. The molecule has 1 heterocycles. The van der Waals surface area contributed by atoms with Gasteiger partial charge in [0, 0.05) is 32.2 Å². The van der Waals surface area contributed by atoms with Gasteiger partial charge in [0.15, 0.2) is 0 Å². The minimum absolute atomic E-state index is 0.0784. The summed E-state index contributed by atoms with van der Waals surface area (Å²) in [5.74, 6) is 0. The zero-order valence-corrected chi connectivity index (χ0v) is 11.7. The zero-order valence-electron chi connectivity index (χ0n) is 11.7.